The molecular formula is C21H18F4N4O2. The third kappa shape index (κ3) is 4.37. The normalized spacial score (nSPS) is 19.4. The molecule has 1 aliphatic heterocycles. The van der Waals surface area contributed by atoms with Crippen molar-refractivity contribution in [2.75, 3.05) is 18.0 Å². The van der Waals surface area contributed by atoms with Crippen molar-refractivity contribution in [2.24, 2.45) is 0 Å². The number of carbonyl (C=O) groups is 1. The van der Waals surface area contributed by atoms with Gasteiger partial charge in [-0.15, -0.1) is 0 Å². The zero-order valence-electron chi connectivity index (χ0n) is 16.1. The quantitative estimate of drug-likeness (QED) is 0.621. The fourth-order valence-electron chi connectivity index (χ4n) is 3.87. The van der Waals surface area contributed by atoms with Gasteiger partial charge >= 0.3 is 12.1 Å². The maximum absolute atomic E-state index is 13.3. The van der Waals surface area contributed by atoms with Crippen LogP contribution in [0.25, 0.3) is 10.9 Å². The summed E-state index contributed by atoms with van der Waals surface area (Å²) in [6.07, 6.45) is -4.67. The van der Waals surface area contributed by atoms with Crippen LogP contribution in [0.5, 0.6) is 0 Å². The molecule has 1 aromatic heterocycles. The fraction of sp³-hybridized carbons (Fsp3) is 0.286. The van der Waals surface area contributed by atoms with Gasteiger partial charge in [0.15, 0.2) is 0 Å². The van der Waals surface area contributed by atoms with Crippen LogP contribution in [0.3, 0.4) is 0 Å². The number of carbonyl (C=O) groups excluding carboxylic acids is 1. The van der Waals surface area contributed by atoms with E-state index in [0.29, 0.717) is 29.4 Å². The number of amides is 1. The molecule has 4 rings (SSSR count). The Balaban J connectivity index is 1.65. The Kier molecular flexibility index (Phi) is 5.38. The summed E-state index contributed by atoms with van der Waals surface area (Å²) < 4.78 is 52.0. The minimum atomic E-state index is -5.04. The van der Waals surface area contributed by atoms with E-state index in [1.54, 1.807) is 29.2 Å². The van der Waals surface area contributed by atoms with E-state index in [1.165, 1.54) is 24.3 Å². The second kappa shape index (κ2) is 8.01. The van der Waals surface area contributed by atoms with Crippen LogP contribution < -0.4 is 15.8 Å². The van der Waals surface area contributed by atoms with Crippen molar-refractivity contribution in [3.05, 3.63) is 70.3 Å². The molecule has 162 valence electrons. The Bertz CT molecular complexity index is 1160. The molecule has 0 spiro atoms. The highest BCUT2D eigenvalue weighted by molar-refractivity contribution is 5.82. The zero-order chi connectivity index (χ0) is 22.2. The van der Waals surface area contributed by atoms with Gasteiger partial charge in [0, 0.05) is 19.0 Å². The number of hydrogen-bond donors (Lipinski definition) is 2. The molecular weight excluding hydrogens is 416 g/mol. The van der Waals surface area contributed by atoms with E-state index in [9.17, 15) is 27.2 Å². The Morgan fingerprint density at radius 2 is 1.84 bits per heavy atom. The lowest BCUT2D eigenvalue weighted by molar-refractivity contribution is -0.174. The average Bonchev–Trinajstić information content (AvgIpc) is 2.74. The summed E-state index contributed by atoms with van der Waals surface area (Å²) in [6, 6.07) is 11.3. The Morgan fingerprint density at radius 3 is 2.55 bits per heavy atom. The first kappa shape index (κ1) is 20.8. The molecule has 2 aromatic carbocycles. The van der Waals surface area contributed by atoms with Crippen LogP contribution in [0.15, 0.2) is 53.3 Å². The number of halogens is 4. The third-order valence-corrected chi connectivity index (χ3v) is 5.38. The van der Waals surface area contributed by atoms with Gasteiger partial charge in [0.25, 0.3) is 5.56 Å². The topological polar surface area (TPSA) is 78.1 Å². The molecule has 0 radical (unpaired) electrons. The number of para-hydroxylation sites is 1. The van der Waals surface area contributed by atoms with Gasteiger partial charge in [-0.1, -0.05) is 24.3 Å². The first-order valence-corrected chi connectivity index (χ1v) is 9.59. The number of alkyl halides is 3. The van der Waals surface area contributed by atoms with E-state index in [2.05, 4.69) is 15.3 Å². The van der Waals surface area contributed by atoms with Crippen LogP contribution in [0.2, 0.25) is 0 Å². The summed E-state index contributed by atoms with van der Waals surface area (Å²) >= 11 is 0. The minimum Gasteiger partial charge on any atom is -0.343 e. The number of anilines is 1. The van der Waals surface area contributed by atoms with E-state index in [0.717, 1.165) is 0 Å². The fourth-order valence-corrected chi connectivity index (χ4v) is 3.87. The molecule has 3 aromatic rings. The molecule has 0 saturated carbocycles. The molecule has 0 aliphatic carbocycles. The number of rotatable bonds is 3. The van der Waals surface area contributed by atoms with E-state index < -0.39 is 29.9 Å². The number of nitrogens with one attached hydrogen (secondary N) is 2. The van der Waals surface area contributed by atoms with Crippen molar-refractivity contribution in [3.8, 4) is 0 Å². The summed E-state index contributed by atoms with van der Waals surface area (Å²) in [7, 11) is 0. The predicted molar refractivity (Wildman–Crippen MR) is 106 cm³/mol. The number of nitrogens with zero attached hydrogens (tertiary/aromatic N) is 2. The van der Waals surface area contributed by atoms with Crippen LogP contribution in [-0.4, -0.2) is 41.2 Å². The highest BCUT2D eigenvalue weighted by atomic mass is 19.4. The number of aromatic amines is 1. The zero-order valence-corrected chi connectivity index (χ0v) is 16.1. The summed E-state index contributed by atoms with van der Waals surface area (Å²) in [5, 5.41) is 2.45. The van der Waals surface area contributed by atoms with Crippen LogP contribution in [0.1, 0.15) is 17.9 Å². The molecule has 0 bridgehead atoms. The molecule has 1 fully saturated rings. The molecule has 2 N–H and O–H groups in total. The van der Waals surface area contributed by atoms with Gasteiger partial charge in [0.05, 0.1) is 16.9 Å². The highest BCUT2D eigenvalue weighted by Gasteiger charge is 2.42. The predicted octanol–water partition coefficient (Wildman–Crippen LogP) is 3.10. The van der Waals surface area contributed by atoms with E-state index in [1.807, 2.05) is 0 Å². The standard InChI is InChI=1S/C21H18F4N4O2/c22-13-7-5-12(6-8-13)14-9-10-29(11-17(14)26-19(31)21(23,24)25)20-27-16-4-2-1-3-15(16)18(30)28-20/h1-8,14,17H,9-11H2,(H,26,31)(H,27,28,30). The van der Waals surface area contributed by atoms with E-state index in [4.69, 9.17) is 0 Å². The molecule has 1 saturated heterocycles. The summed E-state index contributed by atoms with van der Waals surface area (Å²) in [5.41, 5.74) is 0.711. The molecule has 6 nitrogen and oxygen atoms in total. The van der Waals surface area contributed by atoms with Crippen molar-refractivity contribution >= 4 is 22.8 Å². The summed E-state index contributed by atoms with van der Waals surface area (Å²) in [4.78, 5) is 32.7. The highest BCUT2D eigenvalue weighted by Crippen LogP contribution is 2.31. The second-order valence-corrected chi connectivity index (χ2v) is 7.38. The third-order valence-electron chi connectivity index (χ3n) is 5.38. The first-order chi connectivity index (χ1) is 14.7. The van der Waals surface area contributed by atoms with Gasteiger partial charge in [-0.2, -0.15) is 13.2 Å². The van der Waals surface area contributed by atoms with Crippen molar-refractivity contribution in [1.82, 2.24) is 15.3 Å². The van der Waals surface area contributed by atoms with Gasteiger partial charge in [-0.05, 0) is 36.2 Å². The number of fused-ring (bicyclic) bond motifs is 1. The maximum Gasteiger partial charge on any atom is 0.471 e. The average molecular weight is 434 g/mol. The van der Waals surface area contributed by atoms with Crippen LogP contribution >= 0.6 is 0 Å². The van der Waals surface area contributed by atoms with Gasteiger partial charge in [0.2, 0.25) is 5.95 Å². The first-order valence-electron chi connectivity index (χ1n) is 9.59. The lowest BCUT2D eigenvalue weighted by Crippen LogP contribution is -2.54. The number of benzene rings is 2. The SMILES string of the molecule is O=C(NC1CN(c2nc3ccccc3c(=O)[nH]2)CCC1c1ccc(F)cc1)C(F)(F)F. The molecule has 2 heterocycles. The van der Waals surface area contributed by atoms with Gasteiger partial charge in [-0.25, -0.2) is 9.37 Å². The number of hydrogen-bond acceptors (Lipinski definition) is 4. The van der Waals surface area contributed by atoms with Gasteiger partial charge in [-0.3, -0.25) is 14.6 Å². The van der Waals surface area contributed by atoms with E-state index >= 15 is 0 Å². The smallest absolute Gasteiger partial charge is 0.343 e. The second-order valence-electron chi connectivity index (χ2n) is 7.38. The number of H-pyrrole nitrogens is 1. The van der Waals surface area contributed by atoms with Crippen LogP contribution in [-0.2, 0) is 4.79 Å². The number of piperidine rings is 1. The van der Waals surface area contributed by atoms with Crippen LogP contribution in [0, 0.1) is 5.82 Å². The number of aromatic nitrogens is 2. The lowest BCUT2D eigenvalue weighted by atomic mass is 9.85. The molecule has 2 unspecified atom stereocenters. The monoisotopic (exact) mass is 434 g/mol. The Morgan fingerprint density at radius 1 is 1.13 bits per heavy atom. The molecule has 10 heteroatoms. The largest absolute Gasteiger partial charge is 0.471 e. The van der Waals surface area contributed by atoms with Crippen molar-refractivity contribution < 1.29 is 22.4 Å². The van der Waals surface area contributed by atoms with Gasteiger partial charge in [0.1, 0.15) is 5.82 Å². The minimum absolute atomic E-state index is 0.00879. The summed E-state index contributed by atoms with van der Waals surface area (Å²) in [6.45, 7) is 0.368. The molecule has 1 aliphatic rings. The Labute approximate surface area is 173 Å². The molecule has 31 heavy (non-hydrogen) atoms. The van der Waals surface area contributed by atoms with Crippen molar-refractivity contribution in [2.45, 2.75) is 24.6 Å². The van der Waals surface area contributed by atoms with Gasteiger partial charge < -0.3 is 10.2 Å². The molecule has 2 atom stereocenters. The summed E-state index contributed by atoms with van der Waals surface area (Å²) in [5.74, 6) is -2.76. The van der Waals surface area contributed by atoms with Crippen molar-refractivity contribution in [3.63, 3.8) is 0 Å². The van der Waals surface area contributed by atoms with Crippen LogP contribution in [0.4, 0.5) is 23.5 Å². The Hall–Kier alpha value is -3.43. The van der Waals surface area contributed by atoms with E-state index in [-0.39, 0.29) is 18.1 Å². The maximum atomic E-state index is 13.3. The lowest BCUT2D eigenvalue weighted by Gasteiger charge is -2.39. The van der Waals surface area contributed by atoms with Crippen molar-refractivity contribution in [1.29, 1.82) is 0 Å². The molecule has 1 amide bonds.